The van der Waals surface area contributed by atoms with Crippen LogP contribution in [0, 0.1) is 13.8 Å². The molecule has 2 heterocycles. The fraction of sp³-hybridized carbons (Fsp3) is 0.417. The number of hydrogen-bond donors (Lipinski definition) is 1. The SMILES string of the molecule is CCn1nc(C)c(S(=O)(=O)NCc2ccco2)c1C. The molecule has 0 aliphatic heterocycles. The van der Waals surface area contributed by atoms with Crippen LogP contribution in [0.3, 0.4) is 0 Å². The van der Waals surface area contributed by atoms with Crippen molar-refractivity contribution < 1.29 is 12.8 Å². The van der Waals surface area contributed by atoms with E-state index in [4.69, 9.17) is 4.42 Å². The predicted octanol–water partition coefficient (Wildman–Crippen LogP) is 1.59. The monoisotopic (exact) mass is 283 g/mol. The highest BCUT2D eigenvalue weighted by Crippen LogP contribution is 2.19. The van der Waals surface area contributed by atoms with Crippen LogP contribution in [-0.4, -0.2) is 18.2 Å². The quantitative estimate of drug-likeness (QED) is 0.904. The number of aryl methyl sites for hydroxylation is 2. The Kier molecular flexibility index (Phi) is 3.77. The summed E-state index contributed by atoms with van der Waals surface area (Å²) in [6, 6.07) is 3.44. The molecule has 0 saturated heterocycles. The fourth-order valence-electron chi connectivity index (χ4n) is 2.03. The maximum absolute atomic E-state index is 12.3. The van der Waals surface area contributed by atoms with Gasteiger partial charge in [-0.1, -0.05) is 0 Å². The van der Waals surface area contributed by atoms with Gasteiger partial charge in [0.2, 0.25) is 10.0 Å². The van der Waals surface area contributed by atoms with Gasteiger partial charge in [-0.05, 0) is 32.9 Å². The summed E-state index contributed by atoms with van der Waals surface area (Å²) < 4.78 is 33.9. The van der Waals surface area contributed by atoms with Gasteiger partial charge in [0.05, 0.1) is 24.2 Å². The molecule has 0 amide bonds. The molecule has 0 aliphatic rings. The smallest absolute Gasteiger partial charge is 0.244 e. The third-order valence-corrected chi connectivity index (χ3v) is 4.55. The Hall–Kier alpha value is -1.60. The first-order chi connectivity index (χ1) is 8.95. The van der Waals surface area contributed by atoms with E-state index in [1.807, 2.05) is 6.92 Å². The van der Waals surface area contributed by atoms with Crippen molar-refractivity contribution in [3.05, 3.63) is 35.5 Å². The Morgan fingerprint density at radius 1 is 1.42 bits per heavy atom. The van der Waals surface area contributed by atoms with Crippen LogP contribution in [0.15, 0.2) is 27.7 Å². The molecule has 0 unspecified atom stereocenters. The first-order valence-electron chi connectivity index (χ1n) is 6.01. The standard InChI is InChI=1S/C12H17N3O3S/c1-4-15-10(3)12(9(2)14-15)19(16,17)13-8-11-6-5-7-18-11/h5-7,13H,4,8H2,1-3H3. The molecule has 7 heteroatoms. The van der Waals surface area contributed by atoms with E-state index in [0.717, 1.165) is 0 Å². The van der Waals surface area contributed by atoms with Crippen LogP contribution in [0.1, 0.15) is 24.1 Å². The van der Waals surface area contributed by atoms with E-state index in [9.17, 15) is 8.42 Å². The molecule has 1 N–H and O–H groups in total. The summed E-state index contributed by atoms with van der Waals surface area (Å²) in [5.74, 6) is 0.571. The number of rotatable bonds is 5. The van der Waals surface area contributed by atoms with Gasteiger partial charge in [-0.2, -0.15) is 5.10 Å². The van der Waals surface area contributed by atoms with Crippen molar-refractivity contribution >= 4 is 10.0 Å². The molecule has 2 aromatic rings. The molecule has 0 fully saturated rings. The molecule has 0 aromatic carbocycles. The van der Waals surface area contributed by atoms with Gasteiger partial charge in [0, 0.05) is 6.54 Å². The molecule has 2 aromatic heterocycles. The number of aromatic nitrogens is 2. The lowest BCUT2D eigenvalue weighted by atomic mass is 10.4. The van der Waals surface area contributed by atoms with E-state index < -0.39 is 10.0 Å². The highest BCUT2D eigenvalue weighted by Gasteiger charge is 2.24. The van der Waals surface area contributed by atoms with Crippen LogP contribution < -0.4 is 4.72 Å². The second-order valence-electron chi connectivity index (χ2n) is 4.22. The molecule has 0 atom stereocenters. The van der Waals surface area contributed by atoms with Crippen LogP contribution >= 0.6 is 0 Å². The van der Waals surface area contributed by atoms with E-state index in [1.165, 1.54) is 6.26 Å². The average molecular weight is 283 g/mol. The van der Waals surface area contributed by atoms with Gasteiger partial charge in [-0.25, -0.2) is 13.1 Å². The molecule has 104 valence electrons. The number of nitrogens with zero attached hydrogens (tertiary/aromatic N) is 2. The Morgan fingerprint density at radius 2 is 2.16 bits per heavy atom. The maximum Gasteiger partial charge on any atom is 0.244 e. The van der Waals surface area contributed by atoms with Crippen molar-refractivity contribution in [2.45, 2.75) is 38.8 Å². The lowest BCUT2D eigenvalue weighted by Crippen LogP contribution is -2.24. The fourth-order valence-corrected chi connectivity index (χ4v) is 3.43. The van der Waals surface area contributed by atoms with Gasteiger partial charge in [-0.15, -0.1) is 0 Å². The van der Waals surface area contributed by atoms with Crippen LogP contribution in [0.25, 0.3) is 0 Å². The van der Waals surface area contributed by atoms with Crippen LogP contribution in [0.2, 0.25) is 0 Å². The van der Waals surface area contributed by atoms with Crippen molar-refractivity contribution in [1.29, 1.82) is 0 Å². The van der Waals surface area contributed by atoms with Crippen molar-refractivity contribution in [2.24, 2.45) is 0 Å². The largest absolute Gasteiger partial charge is 0.468 e. The molecule has 0 radical (unpaired) electrons. The minimum atomic E-state index is -3.58. The van der Waals surface area contributed by atoms with Crippen molar-refractivity contribution in [3.8, 4) is 0 Å². The van der Waals surface area contributed by atoms with Gasteiger partial charge in [0.15, 0.2) is 0 Å². The molecule has 0 spiro atoms. The number of hydrogen-bond acceptors (Lipinski definition) is 4. The third kappa shape index (κ3) is 2.71. The van der Waals surface area contributed by atoms with Crippen molar-refractivity contribution in [2.75, 3.05) is 0 Å². The second-order valence-corrected chi connectivity index (χ2v) is 5.92. The van der Waals surface area contributed by atoms with Crippen molar-refractivity contribution in [3.63, 3.8) is 0 Å². The molecule has 0 saturated carbocycles. The summed E-state index contributed by atoms with van der Waals surface area (Å²) in [5.41, 5.74) is 1.15. The number of sulfonamides is 1. The van der Waals surface area contributed by atoms with E-state index in [0.29, 0.717) is 23.7 Å². The zero-order valence-corrected chi connectivity index (χ0v) is 12.0. The molecule has 19 heavy (non-hydrogen) atoms. The lowest BCUT2D eigenvalue weighted by Gasteiger charge is -2.06. The highest BCUT2D eigenvalue weighted by atomic mass is 32.2. The van der Waals surface area contributed by atoms with E-state index >= 15 is 0 Å². The zero-order chi connectivity index (χ0) is 14.0. The van der Waals surface area contributed by atoms with Gasteiger partial charge in [0.1, 0.15) is 10.7 Å². The van der Waals surface area contributed by atoms with Gasteiger partial charge in [0.25, 0.3) is 0 Å². The van der Waals surface area contributed by atoms with Crippen LogP contribution in [-0.2, 0) is 23.1 Å². The summed E-state index contributed by atoms with van der Waals surface area (Å²) in [5, 5.41) is 4.21. The van der Waals surface area contributed by atoms with Gasteiger partial charge >= 0.3 is 0 Å². The summed E-state index contributed by atoms with van der Waals surface area (Å²) >= 11 is 0. The lowest BCUT2D eigenvalue weighted by molar-refractivity contribution is 0.498. The van der Waals surface area contributed by atoms with Gasteiger partial charge in [-0.3, -0.25) is 4.68 Å². The Morgan fingerprint density at radius 3 is 2.68 bits per heavy atom. The molecule has 6 nitrogen and oxygen atoms in total. The Balaban J connectivity index is 2.27. The minimum absolute atomic E-state index is 0.130. The van der Waals surface area contributed by atoms with Gasteiger partial charge < -0.3 is 4.42 Å². The third-order valence-electron chi connectivity index (χ3n) is 2.90. The predicted molar refractivity (Wildman–Crippen MR) is 70.1 cm³/mol. The van der Waals surface area contributed by atoms with E-state index in [-0.39, 0.29) is 11.4 Å². The van der Waals surface area contributed by atoms with E-state index in [2.05, 4.69) is 9.82 Å². The topological polar surface area (TPSA) is 77.1 Å². The Labute approximate surface area is 112 Å². The first kappa shape index (κ1) is 13.8. The maximum atomic E-state index is 12.3. The van der Waals surface area contributed by atoms with E-state index in [1.54, 1.807) is 30.7 Å². The van der Waals surface area contributed by atoms with Crippen molar-refractivity contribution in [1.82, 2.24) is 14.5 Å². The Bertz CT molecular complexity index is 657. The first-order valence-corrected chi connectivity index (χ1v) is 7.50. The van der Waals surface area contributed by atoms with Crippen LogP contribution in [0.4, 0.5) is 0 Å². The zero-order valence-electron chi connectivity index (χ0n) is 11.2. The van der Waals surface area contributed by atoms with Crippen LogP contribution in [0.5, 0.6) is 0 Å². The number of nitrogens with one attached hydrogen (secondary N) is 1. The molecule has 0 bridgehead atoms. The minimum Gasteiger partial charge on any atom is -0.468 e. The molecule has 0 aliphatic carbocycles. The normalized spacial score (nSPS) is 11.9. The molecular formula is C12H17N3O3S. The summed E-state index contributed by atoms with van der Waals surface area (Å²) in [6.45, 7) is 6.14. The molecule has 2 rings (SSSR count). The second kappa shape index (κ2) is 5.18. The summed E-state index contributed by atoms with van der Waals surface area (Å²) in [4.78, 5) is 0.251. The molecular weight excluding hydrogens is 266 g/mol. The number of furan rings is 1. The summed E-state index contributed by atoms with van der Waals surface area (Å²) in [6.07, 6.45) is 1.51. The summed E-state index contributed by atoms with van der Waals surface area (Å²) in [7, 11) is -3.58. The highest BCUT2D eigenvalue weighted by molar-refractivity contribution is 7.89. The average Bonchev–Trinajstić information content (AvgIpc) is 2.95.